The van der Waals surface area contributed by atoms with Crippen molar-refractivity contribution in [3.63, 3.8) is 0 Å². The fourth-order valence-corrected chi connectivity index (χ4v) is 7.10. The third-order valence-electron chi connectivity index (χ3n) is 7.86. The molecule has 0 spiro atoms. The molecule has 1 aliphatic heterocycles. The van der Waals surface area contributed by atoms with Crippen LogP contribution in [0.1, 0.15) is 32.1 Å². The first-order chi connectivity index (χ1) is 16.4. The zero-order chi connectivity index (χ0) is 23.4. The number of aromatic nitrogens is 2. The van der Waals surface area contributed by atoms with Crippen molar-refractivity contribution in [1.82, 2.24) is 9.97 Å². The van der Waals surface area contributed by atoms with E-state index in [1.807, 2.05) is 23.1 Å². The highest BCUT2D eigenvalue weighted by molar-refractivity contribution is 9.10. The van der Waals surface area contributed by atoms with Crippen molar-refractivity contribution in [2.75, 3.05) is 40.5 Å². The number of carbonyl (C=O) groups excluding carboxylic acids is 1. The molecule has 1 amide bonds. The van der Waals surface area contributed by atoms with Crippen molar-refractivity contribution >= 4 is 50.7 Å². The molecule has 2 unspecified atom stereocenters. The molecule has 4 bridgehead atoms. The molecule has 2 heterocycles. The van der Waals surface area contributed by atoms with Gasteiger partial charge in [0, 0.05) is 24.5 Å². The van der Waals surface area contributed by atoms with Crippen LogP contribution < -0.4 is 20.9 Å². The number of nitrogens with zero attached hydrogens (tertiary/aromatic N) is 3. The van der Waals surface area contributed by atoms with Gasteiger partial charge in [-0.15, -0.1) is 0 Å². The van der Waals surface area contributed by atoms with E-state index in [1.165, 1.54) is 12.8 Å². The summed E-state index contributed by atoms with van der Waals surface area (Å²) in [6.45, 7) is 0.615. The average molecular weight is 529 g/mol. The maximum Gasteiger partial charge on any atom is 0.243 e. The van der Waals surface area contributed by atoms with Gasteiger partial charge in [-0.1, -0.05) is 0 Å². The Balaban J connectivity index is 1.20. The lowest BCUT2D eigenvalue weighted by Gasteiger charge is -2.58. The van der Waals surface area contributed by atoms with Crippen molar-refractivity contribution in [3.8, 4) is 0 Å². The Labute approximate surface area is 206 Å². The Morgan fingerprint density at radius 1 is 1.24 bits per heavy atom. The second kappa shape index (κ2) is 8.35. The fourth-order valence-electron chi connectivity index (χ4n) is 6.79. The molecule has 9 nitrogen and oxygen atoms in total. The van der Waals surface area contributed by atoms with Crippen LogP contribution in [0.4, 0.5) is 28.8 Å². The quantitative estimate of drug-likeness (QED) is 0.387. The minimum atomic E-state index is -0.459. The van der Waals surface area contributed by atoms with Crippen LogP contribution in [0.2, 0.25) is 0 Å². The number of amides is 1. The number of aliphatic hydroxyl groups is 2. The van der Waals surface area contributed by atoms with Gasteiger partial charge in [0.1, 0.15) is 5.82 Å². The summed E-state index contributed by atoms with van der Waals surface area (Å²) in [5, 5.41) is 30.0. The van der Waals surface area contributed by atoms with E-state index >= 15 is 0 Å². The molecule has 1 aromatic carbocycles. The largest absolute Gasteiger partial charge is 0.395 e. The number of halogens is 1. The molecule has 10 heteroatoms. The number of fused-ring (bicyclic) bond motifs is 1. The first-order valence-corrected chi connectivity index (χ1v) is 12.8. The molecule has 2 aromatic rings. The normalized spacial score (nSPS) is 31.3. The first-order valence-electron chi connectivity index (χ1n) is 12.0. The van der Waals surface area contributed by atoms with Crippen LogP contribution in [-0.4, -0.2) is 57.4 Å². The van der Waals surface area contributed by atoms with Crippen LogP contribution in [0, 0.1) is 17.8 Å². The van der Waals surface area contributed by atoms with Crippen molar-refractivity contribution in [1.29, 1.82) is 0 Å². The molecule has 0 radical (unpaired) electrons. The third-order valence-corrected chi connectivity index (χ3v) is 8.44. The summed E-state index contributed by atoms with van der Waals surface area (Å²) in [5.41, 5.74) is 1.87. The monoisotopic (exact) mass is 528 g/mol. The Bertz CT molecular complexity index is 1110. The number of hydrogen-bond donors (Lipinski definition) is 5. The zero-order valence-electron chi connectivity index (χ0n) is 18.8. The van der Waals surface area contributed by atoms with Gasteiger partial charge >= 0.3 is 0 Å². The van der Waals surface area contributed by atoms with Crippen LogP contribution in [-0.2, 0) is 4.79 Å². The van der Waals surface area contributed by atoms with E-state index in [9.17, 15) is 15.0 Å². The number of hydrogen-bond acceptors (Lipinski definition) is 8. The minimum Gasteiger partial charge on any atom is -0.395 e. The second-order valence-electron chi connectivity index (χ2n) is 10.3. The van der Waals surface area contributed by atoms with Crippen molar-refractivity contribution in [3.05, 3.63) is 28.9 Å². The SMILES string of the molecule is O=C1CN(CCO)c2ccc(Nc3ncc(Br)c(NC4C5CC6CC4CC(O)(C6)C5)n3)cc2N1. The zero-order valence-corrected chi connectivity index (χ0v) is 20.4. The van der Waals surface area contributed by atoms with Crippen LogP contribution >= 0.6 is 15.9 Å². The van der Waals surface area contributed by atoms with Gasteiger partial charge in [-0.05, 0) is 84.0 Å². The maximum atomic E-state index is 12.1. The molecular weight excluding hydrogens is 500 g/mol. The number of rotatable bonds is 6. The van der Waals surface area contributed by atoms with Crippen molar-refractivity contribution in [2.24, 2.45) is 17.8 Å². The summed E-state index contributed by atoms with van der Waals surface area (Å²) in [5.74, 6) is 2.71. The highest BCUT2D eigenvalue weighted by atomic mass is 79.9. The Kier molecular flexibility index (Phi) is 5.42. The summed E-state index contributed by atoms with van der Waals surface area (Å²) in [7, 11) is 0. The van der Waals surface area contributed by atoms with Crippen molar-refractivity contribution in [2.45, 2.75) is 43.7 Å². The molecule has 5 aliphatic rings. The van der Waals surface area contributed by atoms with Gasteiger partial charge < -0.3 is 31.1 Å². The van der Waals surface area contributed by atoms with E-state index in [0.717, 1.165) is 40.9 Å². The predicted molar refractivity (Wildman–Crippen MR) is 133 cm³/mol. The maximum absolute atomic E-state index is 12.1. The topological polar surface area (TPSA) is 123 Å². The molecule has 180 valence electrons. The van der Waals surface area contributed by atoms with E-state index < -0.39 is 5.60 Å². The Morgan fingerprint density at radius 3 is 2.76 bits per heavy atom. The van der Waals surface area contributed by atoms with Gasteiger partial charge in [0.2, 0.25) is 11.9 Å². The van der Waals surface area contributed by atoms with E-state index in [2.05, 4.69) is 36.9 Å². The molecule has 7 rings (SSSR count). The fraction of sp³-hybridized carbons (Fsp3) is 0.542. The van der Waals surface area contributed by atoms with Gasteiger partial charge in [-0.25, -0.2) is 4.98 Å². The van der Waals surface area contributed by atoms with E-state index in [-0.39, 0.29) is 19.1 Å². The summed E-state index contributed by atoms with van der Waals surface area (Å²) in [6.07, 6.45) is 6.82. The standard InChI is InChI=1S/C24H29BrN6O3/c25-17-11-26-23(27-16-1-2-19-18(7-16)28-20(33)12-31(19)3-4-32)30-22(17)29-21-14-5-13-6-15(21)10-24(34,8-13)9-14/h1-2,7,11,13-15,21,32,34H,3-6,8-10,12H2,(H,28,33)(H2,26,27,29,30). The third kappa shape index (κ3) is 4.01. The van der Waals surface area contributed by atoms with Crippen LogP contribution in [0.25, 0.3) is 0 Å². The lowest BCUT2D eigenvalue weighted by Crippen LogP contribution is -2.59. The minimum absolute atomic E-state index is 0.0160. The van der Waals surface area contributed by atoms with Crippen molar-refractivity contribution < 1.29 is 15.0 Å². The molecule has 2 atom stereocenters. The number of nitrogens with one attached hydrogen (secondary N) is 3. The summed E-state index contributed by atoms with van der Waals surface area (Å²) in [6, 6.07) is 6.00. The number of benzene rings is 1. The van der Waals surface area contributed by atoms with E-state index in [0.29, 0.717) is 42.0 Å². The van der Waals surface area contributed by atoms with Gasteiger partial charge in [0.25, 0.3) is 0 Å². The van der Waals surface area contributed by atoms with Crippen LogP contribution in [0.15, 0.2) is 28.9 Å². The molecule has 4 saturated carbocycles. The average Bonchev–Trinajstić information content (AvgIpc) is 2.77. The molecule has 0 saturated heterocycles. The van der Waals surface area contributed by atoms with Gasteiger partial charge in [-0.2, -0.15) is 4.98 Å². The van der Waals surface area contributed by atoms with Crippen LogP contribution in [0.5, 0.6) is 0 Å². The summed E-state index contributed by atoms with van der Waals surface area (Å²) >= 11 is 3.59. The smallest absolute Gasteiger partial charge is 0.243 e. The van der Waals surface area contributed by atoms with Crippen LogP contribution in [0.3, 0.4) is 0 Å². The number of carbonyl (C=O) groups is 1. The highest BCUT2D eigenvalue weighted by Gasteiger charge is 2.54. The molecule has 5 N–H and O–H groups in total. The Morgan fingerprint density at radius 2 is 2.03 bits per heavy atom. The number of anilines is 5. The molecule has 34 heavy (non-hydrogen) atoms. The second-order valence-corrected chi connectivity index (χ2v) is 11.2. The molecule has 1 aromatic heterocycles. The van der Waals surface area contributed by atoms with Gasteiger partial charge in [0.15, 0.2) is 0 Å². The predicted octanol–water partition coefficient (Wildman–Crippen LogP) is 3.09. The number of aliphatic hydroxyl groups excluding tert-OH is 1. The molecule has 4 fully saturated rings. The Hall–Kier alpha value is -2.43. The van der Waals surface area contributed by atoms with Gasteiger partial charge in [-0.3, -0.25) is 4.79 Å². The highest BCUT2D eigenvalue weighted by Crippen LogP contribution is 2.56. The number of β-amino-alcohol motifs (C(OH)–C–C–N with tert-alkyl or cyclic N) is 1. The molecule has 4 aliphatic carbocycles. The lowest BCUT2D eigenvalue weighted by molar-refractivity contribution is -0.129. The van der Waals surface area contributed by atoms with E-state index in [1.54, 1.807) is 6.20 Å². The van der Waals surface area contributed by atoms with Gasteiger partial charge in [0.05, 0.1) is 34.6 Å². The summed E-state index contributed by atoms with van der Waals surface area (Å²) in [4.78, 5) is 23.1. The summed E-state index contributed by atoms with van der Waals surface area (Å²) < 4.78 is 0.808. The molecular formula is C24H29BrN6O3. The van der Waals surface area contributed by atoms with E-state index in [4.69, 9.17) is 4.98 Å². The lowest BCUT2D eigenvalue weighted by atomic mass is 9.52. The first kappa shape index (κ1) is 22.1.